The molecule has 1 unspecified atom stereocenters. The van der Waals surface area contributed by atoms with Gasteiger partial charge in [-0.3, -0.25) is 24.3 Å². The molecule has 0 spiro atoms. The van der Waals surface area contributed by atoms with Crippen LogP contribution in [0.1, 0.15) is 15.9 Å². The number of hydrogen-bond donors (Lipinski definition) is 2. The number of amides is 3. The first-order valence-electron chi connectivity index (χ1n) is 10.1. The predicted octanol–water partition coefficient (Wildman–Crippen LogP) is 0.699. The molecule has 2 saturated heterocycles. The van der Waals surface area contributed by atoms with E-state index in [0.29, 0.717) is 24.3 Å². The molecule has 0 aliphatic carbocycles. The van der Waals surface area contributed by atoms with E-state index in [1.807, 2.05) is 36.1 Å². The highest BCUT2D eigenvalue weighted by molar-refractivity contribution is 6.35. The fourth-order valence-electron chi connectivity index (χ4n) is 3.69. The average molecular weight is 437 g/mol. The van der Waals surface area contributed by atoms with Gasteiger partial charge in [0, 0.05) is 24.5 Å². The van der Waals surface area contributed by atoms with E-state index in [1.54, 1.807) is 12.1 Å². The van der Waals surface area contributed by atoms with Crippen molar-refractivity contribution in [2.24, 2.45) is 0 Å². The standard InChI is InChI=1S/C22H23N5O5/c1-14-3-9-17(10-4-14)25-11-12-26-19(29)20(30)27(24-22(25)26)13-18(28)23-16-7-5-15(6-8-16)21(31)32-2/h3-10,22,24H,11-13H2,1-2H3,(H,23,28). The van der Waals surface area contributed by atoms with E-state index in [4.69, 9.17) is 0 Å². The van der Waals surface area contributed by atoms with Crippen molar-refractivity contribution < 1.29 is 23.9 Å². The number of nitrogens with one attached hydrogen (secondary N) is 2. The van der Waals surface area contributed by atoms with Crippen LogP contribution >= 0.6 is 0 Å². The Kier molecular flexibility index (Phi) is 5.78. The molecule has 32 heavy (non-hydrogen) atoms. The van der Waals surface area contributed by atoms with Gasteiger partial charge in [0.25, 0.3) is 0 Å². The Bertz CT molecular complexity index is 1050. The molecule has 1 atom stereocenters. The predicted molar refractivity (Wildman–Crippen MR) is 115 cm³/mol. The Morgan fingerprint density at radius 1 is 1.00 bits per heavy atom. The summed E-state index contributed by atoms with van der Waals surface area (Å²) in [6.45, 7) is 2.61. The van der Waals surface area contributed by atoms with Gasteiger partial charge in [0.15, 0.2) is 6.29 Å². The highest BCUT2D eigenvalue weighted by Gasteiger charge is 2.45. The second kappa shape index (κ2) is 8.67. The molecule has 4 rings (SSSR count). The lowest BCUT2D eigenvalue weighted by Crippen LogP contribution is -2.68. The number of anilines is 2. The van der Waals surface area contributed by atoms with Crippen LogP contribution < -0.4 is 15.6 Å². The largest absolute Gasteiger partial charge is 0.465 e. The van der Waals surface area contributed by atoms with Gasteiger partial charge in [-0.15, -0.1) is 0 Å². The molecule has 0 saturated carbocycles. The molecule has 2 heterocycles. The highest BCUT2D eigenvalue weighted by Crippen LogP contribution is 2.25. The molecule has 2 fully saturated rings. The lowest BCUT2D eigenvalue weighted by Gasteiger charge is -2.40. The van der Waals surface area contributed by atoms with Crippen LogP contribution in [-0.2, 0) is 19.1 Å². The minimum absolute atomic E-state index is 0.349. The zero-order valence-corrected chi connectivity index (χ0v) is 17.7. The summed E-state index contributed by atoms with van der Waals surface area (Å²) < 4.78 is 4.64. The number of esters is 1. The van der Waals surface area contributed by atoms with Crippen LogP contribution in [0, 0.1) is 6.92 Å². The molecule has 2 aromatic carbocycles. The van der Waals surface area contributed by atoms with Crippen molar-refractivity contribution in [2.75, 3.05) is 37.0 Å². The number of benzene rings is 2. The van der Waals surface area contributed by atoms with Crippen LogP contribution in [0.3, 0.4) is 0 Å². The number of fused-ring (bicyclic) bond motifs is 1. The third kappa shape index (κ3) is 4.12. The minimum Gasteiger partial charge on any atom is -0.465 e. The average Bonchev–Trinajstić information content (AvgIpc) is 3.21. The quantitative estimate of drug-likeness (QED) is 0.523. The summed E-state index contributed by atoms with van der Waals surface area (Å²) in [5.41, 5.74) is 5.82. The number of carbonyl (C=O) groups is 4. The summed E-state index contributed by atoms with van der Waals surface area (Å²) >= 11 is 0. The third-order valence-corrected chi connectivity index (χ3v) is 5.39. The van der Waals surface area contributed by atoms with E-state index < -0.39 is 30.0 Å². The SMILES string of the molecule is COC(=O)c1ccc(NC(=O)CN2NC3N(CCN3c3ccc(C)cc3)C(=O)C2=O)cc1. The number of ether oxygens (including phenoxy) is 1. The second-order valence-corrected chi connectivity index (χ2v) is 7.54. The maximum atomic E-state index is 12.6. The molecule has 2 aromatic rings. The van der Waals surface area contributed by atoms with Gasteiger partial charge in [-0.05, 0) is 43.3 Å². The van der Waals surface area contributed by atoms with Gasteiger partial charge >= 0.3 is 17.8 Å². The van der Waals surface area contributed by atoms with Gasteiger partial charge in [-0.2, -0.15) is 5.43 Å². The van der Waals surface area contributed by atoms with Crippen molar-refractivity contribution in [1.29, 1.82) is 0 Å². The minimum atomic E-state index is -0.789. The lowest BCUT2D eigenvalue weighted by molar-refractivity contribution is -0.163. The molecule has 0 aromatic heterocycles. The number of nitrogens with zero attached hydrogens (tertiary/aromatic N) is 3. The molecular formula is C22H23N5O5. The van der Waals surface area contributed by atoms with E-state index in [2.05, 4.69) is 15.5 Å². The molecule has 2 aliphatic rings. The highest BCUT2D eigenvalue weighted by atomic mass is 16.5. The van der Waals surface area contributed by atoms with E-state index in [0.717, 1.165) is 16.3 Å². The van der Waals surface area contributed by atoms with Gasteiger partial charge < -0.3 is 15.0 Å². The zero-order chi connectivity index (χ0) is 22.8. The number of carbonyl (C=O) groups excluding carboxylic acids is 4. The first-order chi connectivity index (χ1) is 15.4. The maximum absolute atomic E-state index is 12.6. The van der Waals surface area contributed by atoms with Gasteiger partial charge in [0.2, 0.25) is 5.91 Å². The van der Waals surface area contributed by atoms with Crippen molar-refractivity contribution in [2.45, 2.75) is 13.2 Å². The van der Waals surface area contributed by atoms with Crippen molar-refractivity contribution in [3.8, 4) is 0 Å². The monoisotopic (exact) mass is 437 g/mol. The first kappa shape index (κ1) is 21.3. The van der Waals surface area contributed by atoms with E-state index in [9.17, 15) is 19.2 Å². The van der Waals surface area contributed by atoms with Crippen molar-refractivity contribution in [3.05, 3.63) is 59.7 Å². The first-order valence-corrected chi connectivity index (χ1v) is 10.1. The molecule has 166 valence electrons. The van der Waals surface area contributed by atoms with Gasteiger partial charge in [-0.1, -0.05) is 17.7 Å². The summed E-state index contributed by atoms with van der Waals surface area (Å²) in [5, 5.41) is 3.69. The Hall–Kier alpha value is -3.92. The Labute approximate surface area is 184 Å². The number of methoxy groups -OCH3 is 1. The van der Waals surface area contributed by atoms with Crippen LogP contribution in [0.25, 0.3) is 0 Å². The maximum Gasteiger partial charge on any atom is 0.337 e. The molecular weight excluding hydrogens is 414 g/mol. The van der Waals surface area contributed by atoms with Crippen LogP contribution in [0.5, 0.6) is 0 Å². The van der Waals surface area contributed by atoms with Crippen molar-refractivity contribution >= 4 is 35.1 Å². The third-order valence-electron chi connectivity index (χ3n) is 5.39. The summed E-state index contributed by atoms with van der Waals surface area (Å²) in [6, 6.07) is 14.0. The summed E-state index contributed by atoms with van der Waals surface area (Å²) in [6.07, 6.45) is -0.560. The molecule has 2 N–H and O–H groups in total. The van der Waals surface area contributed by atoms with Gasteiger partial charge in [0.05, 0.1) is 12.7 Å². The Morgan fingerprint density at radius 2 is 1.66 bits per heavy atom. The van der Waals surface area contributed by atoms with Crippen molar-refractivity contribution in [1.82, 2.24) is 15.3 Å². The summed E-state index contributed by atoms with van der Waals surface area (Å²) in [7, 11) is 1.29. The summed E-state index contributed by atoms with van der Waals surface area (Å²) in [4.78, 5) is 52.6. The topological polar surface area (TPSA) is 111 Å². The number of aryl methyl sites for hydroxylation is 1. The molecule has 10 nitrogen and oxygen atoms in total. The van der Waals surface area contributed by atoms with E-state index in [1.165, 1.54) is 24.1 Å². The Morgan fingerprint density at radius 3 is 2.31 bits per heavy atom. The molecule has 0 radical (unpaired) electrons. The fourth-order valence-corrected chi connectivity index (χ4v) is 3.69. The van der Waals surface area contributed by atoms with Crippen LogP contribution in [0.4, 0.5) is 11.4 Å². The number of rotatable bonds is 5. The smallest absolute Gasteiger partial charge is 0.337 e. The van der Waals surface area contributed by atoms with Crippen LogP contribution in [0.2, 0.25) is 0 Å². The summed E-state index contributed by atoms with van der Waals surface area (Å²) in [5.74, 6) is -2.41. The lowest BCUT2D eigenvalue weighted by atomic mass is 10.2. The fraction of sp³-hybridized carbons (Fsp3) is 0.273. The molecule has 10 heteroatoms. The molecule has 0 bridgehead atoms. The van der Waals surface area contributed by atoms with Gasteiger partial charge in [-0.25, -0.2) is 4.79 Å². The molecule has 2 aliphatic heterocycles. The zero-order valence-electron chi connectivity index (χ0n) is 17.7. The Balaban J connectivity index is 1.43. The molecule has 3 amide bonds. The van der Waals surface area contributed by atoms with Crippen LogP contribution in [0.15, 0.2) is 48.5 Å². The van der Waals surface area contributed by atoms with E-state index >= 15 is 0 Å². The number of hydrogen-bond acceptors (Lipinski definition) is 7. The normalized spacial score (nSPS) is 17.9. The number of hydrazine groups is 1. The van der Waals surface area contributed by atoms with Crippen molar-refractivity contribution in [3.63, 3.8) is 0 Å². The van der Waals surface area contributed by atoms with Gasteiger partial charge in [0.1, 0.15) is 6.54 Å². The van der Waals surface area contributed by atoms with E-state index in [-0.39, 0.29) is 6.54 Å². The second-order valence-electron chi connectivity index (χ2n) is 7.54. The van der Waals surface area contributed by atoms with Crippen LogP contribution in [-0.4, -0.2) is 66.6 Å².